The van der Waals surface area contributed by atoms with Crippen LogP contribution in [0.25, 0.3) is 22.2 Å². The number of hydrogen-bond donors (Lipinski definition) is 0. The lowest BCUT2D eigenvalue weighted by Crippen LogP contribution is -1.79. The quantitative estimate of drug-likeness (QED) is 0.612. The second-order valence-corrected chi connectivity index (χ2v) is 3.29. The van der Waals surface area contributed by atoms with Gasteiger partial charge in [0.2, 0.25) is 0 Å². The molecule has 3 heterocycles. The lowest BCUT2D eigenvalue weighted by molar-refractivity contribution is 0.110. The van der Waals surface area contributed by atoms with Gasteiger partial charge in [-0.1, -0.05) is 5.16 Å². The van der Waals surface area contributed by atoms with Gasteiger partial charge < -0.3 is 8.94 Å². The van der Waals surface area contributed by atoms with Crippen molar-refractivity contribution < 1.29 is 13.7 Å². The van der Waals surface area contributed by atoms with Gasteiger partial charge >= 0.3 is 0 Å². The highest BCUT2D eigenvalue weighted by Crippen LogP contribution is 2.23. The second kappa shape index (κ2) is 3.30. The van der Waals surface area contributed by atoms with E-state index in [0.717, 1.165) is 10.9 Å². The van der Waals surface area contributed by atoms with Gasteiger partial charge in [-0.25, -0.2) is 0 Å². The molecule has 5 nitrogen and oxygen atoms in total. The zero-order valence-corrected chi connectivity index (χ0v) is 8.08. The normalized spacial score (nSPS) is 10.8. The lowest BCUT2D eigenvalue weighted by Gasteiger charge is -1.93. The van der Waals surface area contributed by atoms with Crippen LogP contribution in [0.4, 0.5) is 0 Å². The van der Waals surface area contributed by atoms with Crippen LogP contribution < -0.4 is 0 Å². The number of hydrogen-bond acceptors (Lipinski definition) is 5. The molecule has 3 rings (SSSR count). The summed E-state index contributed by atoms with van der Waals surface area (Å²) in [6.07, 6.45) is 5.38. The first-order valence-electron chi connectivity index (χ1n) is 4.61. The van der Waals surface area contributed by atoms with Gasteiger partial charge in [0.05, 0.1) is 17.5 Å². The standard InChI is InChI=1S/C11H6N2O3/c14-5-9-1-7-3-12-10(2-11(7)16-9)8-4-13-15-6-8/h1-6H. The Labute approximate surface area is 89.7 Å². The number of aromatic nitrogens is 2. The van der Waals surface area contributed by atoms with Crippen LogP contribution in [0.3, 0.4) is 0 Å². The van der Waals surface area contributed by atoms with Crippen molar-refractivity contribution in [3.05, 3.63) is 36.5 Å². The maximum atomic E-state index is 10.6. The summed E-state index contributed by atoms with van der Waals surface area (Å²) in [7, 11) is 0. The van der Waals surface area contributed by atoms with Crippen molar-refractivity contribution in [2.75, 3.05) is 0 Å². The van der Waals surface area contributed by atoms with E-state index in [4.69, 9.17) is 8.94 Å². The highest BCUT2D eigenvalue weighted by Gasteiger charge is 2.07. The number of aldehydes is 1. The van der Waals surface area contributed by atoms with Crippen molar-refractivity contribution in [1.82, 2.24) is 10.1 Å². The van der Waals surface area contributed by atoms with Gasteiger partial charge in [-0.2, -0.15) is 0 Å². The number of fused-ring (bicyclic) bond motifs is 1. The number of nitrogens with zero attached hydrogens (tertiary/aromatic N) is 2. The average Bonchev–Trinajstić information content (AvgIpc) is 2.96. The third kappa shape index (κ3) is 1.30. The molecule has 0 aliphatic carbocycles. The van der Waals surface area contributed by atoms with Crippen LogP contribution in [-0.2, 0) is 0 Å². The van der Waals surface area contributed by atoms with E-state index in [0.29, 0.717) is 23.3 Å². The molecule has 3 aromatic rings. The molecule has 0 aliphatic rings. The predicted octanol–water partition coefficient (Wildman–Crippen LogP) is 2.30. The molecular formula is C11H6N2O3. The van der Waals surface area contributed by atoms with Crippen molar-refractivity contribution >= 4 is 17.3 Å². The highest BCUT2D eigenvalue weighted by atomic mass is 16.5. The molecule has 0 N–H and O–H groups in total. The molecule has 0 fully saturated rings. The fourth-order valence-electron chi connectivity index (χ4n) is 1.50. The molecule has 0 atom stereocenters. The van der Waals surface area contributed by atoms with E-state index >= 15 is 0 Å². The molecular weight excluding hydrogens is 208 g/mol. The molecule has 0 spiro atoms. The predicted molar refractivity (Wildman–Crippen MR) is 54.9 cm³/mol. The van der Waals surface area contributed by atoms with Gasteiger partial charge in [-0.15, -0.1) is 0 Å². The largest absolute Gasteiger partial charge is 0.453 e. The number of furan rings is 1. The smallest absolute Gasteiger partial charge is 0.185 e. The van der Waals surface area contributed by atoms with Gasteiger partial charge in [-0.3, -0.25) is 9.78 Å². The van der Waals surface area contributed by atoms with Gasteiger partial charge in [0.25, 0.3) is 0 Å². The topological polar surface area (TPSA) is 69.1 Å². The van der Waals surface area contributed by atoms with E-state index in [1.54, 1.807) is 24.5 Å². The average molecular weight is 214 g/mol. The third-order valence-corrected chi connectivity index (χ3v) is 2.26. The summed E-state index contributed by atoms with van der Waals surface area (Å²) in [4.78, 5) is 14.8. The molecule has 16 heavy (non-hydrogen) atoms. The SMILES string of the molecule is O=Cc1cc2cnc(-c3cnoc3)cc2o1. The van der Waals surface area contributed by atoms with E-state index in [-0.39, 0.29) is 0 Å². The van der Waals surface area contributed by atoms with Crippen LogP contribution in [0.15, 0.2) is 39.7 Å². The first kappa shape index (κ1) is 8.84. The van der Waals surface area contributed by atoms with Crippen LogP contribution >= 0.6 is 0 Å². The Morgan fingerprint density at radius 1 is 1.25 bits per heavy atom. The number of carbonyl (C=O) groups is 1. The van der Waals surface area contributed by atoms with Gasteiger partial charge in [-0.05, 0) is 6.07 Å². The van der Waals surface area contributed by atoms with E-state index in [2.05, 4.69) is 10.1 Å². The van der Waals surface area contributed by atoms with Crippen LogP contribution in [0.1, 0.15) is 10.6 Å². The van der Waals surface area contributed by atoms with E-state index in [1.165, 1.54) is 6.26 Å². The molecule has 0 aliphatic heterocycles. The molecule has 0 amide bonds. The Balaban J connectivity index is 2.19. The minimum Gasteiger partial charge on any atom is -0.453 e. The summed E-state index contributed by atoms with van der Waals surface area (Å²) in [6, 6.07) is 3.39. The highest BCUT2D eigenvalue weighted by molar-refractivity contribution is 5.86. The fourth-order valence-corrected chi connectivity index (χ4v) is 1.50. The fraction of sp³-hybridized carbons (Fsp3) is 0. The summed E-state index contributed by atoms with van der Waals surface area (Å²) in [5.74, 6) is 0.291. The first-order valence-corrected chi connectivity index (χ1v) is 4.61. The van der Waals surface area contributed by atoms with E-state index in [9.17, 15) is 4.79 Å². The Morgan fingerprint density at radius 2 is 2.19 bits per heavy atom. The Bertz CT molecular complexity index is 640. The minimum atomic E-state index is 0.291. The third-order valence-electron chi connectivity index (χ3n) is 2.26. The van der Waals surface area contributed by atoms with Crippen LogP contribution in [-0.4, -0.2) is 16.4 Å². The maximum absolute atomic E-state index is 10.6. The molecule has 0 aromatic carbocycles. The minimum absolute atomic E-state index is 0.291. The van der Waals surface area contributed by atoms with Gasteiger partial charge in [0.15, 0.2) is 12.0 Å². The van der Waals surface area contributed by atoms with Crippen molar-refractivity contribution in [2.45, 2.75) is 0 Å². The Hall–Kier alpha value is -2.43. The molecule has 78 valence electrons. The molecule has 0 unspecified atom stereocenters. The van der Waals surface area contributed by atoms with Gasteiger partial charge in [0, 0.05) is 17.6 Å². The van der Waals surface area contributed by atoms with E-state index in [1.807, 2.05) is 0 Å². The van der Waals surface area contributed by atoms with Gasteiger partial charge in [0.1, 0.15) is 11.8 Å². The van der Waals surface area contributed by atoms with Crippen LogP contribution in [0.5, 0.6) is 0 Å². The Morgan fingerprint density at radius 3 is 2.94 bits per heavy atom. The summed E-state index contributed by atoms with van der Waals surface area (Å²) in [5.41, 5.74) is 2.08. The first-order chi connectivity index (χ1) is 7.86. The summed E-state index contributed by atoms with van der Waals surface area (Å²) >= 11 is 0. The monoisotopic (exact) mass is 214 g/mol. The van der Waals surface area contributed by atoms with Crippen molar-refractivity contribution in [3.63, 3.8) is 0 Å². The van der Waals surface area contributed by atoms with Crippen LogP contribution in [0, 0.1) is 0 Å². The maximum Gasteiger partial charge on any atom is 0.185 e. The number of rotatable bonds is 2. The number of carbonyl (C=O) groups excluding carboxylic acids is 1. The summed E-state index contributed by atoms with van der Waals surface area (Å²) in [5, 5.41) is 4.39. The van der Waals surface area contributed by atoms with Crippen molar-refractivity contribution in [1.29, 1.82) is 0 Å². The summed E-state index contributed by atoms with van der Waals surface area (Å²) < 4.78 is 10.0. The van der Waals surface area contributed by atoms with E-state index < -0.39 is 0 Å². The molecule has 0 radical (unpaired) electrons. The van der Waals surface area contributed by atoms with Crippen molar-refractivity contribution in [2.24, 2.45) is 0 Å². The molecule has 0 saturated carbocycles. The van der Waals surface area contributed by atoms with Crippen molar-refractivity contribution in [3.8, 4) is 11.3 Å². The second-order valence-electron chi connectivity index (χ2n) is 3.29. The zero-order chi connectivity index (χ0) is 11.0. The zero-order valence-electron chi connectivity index (χ0n) is 8.08. The summed E-state index contributed by atoms with van der Waals surface area (Å²) in [6.45, 7) is 0. The van der Waals surface area contributed by atoms with Crippen LogP contribution in [0.2, 0.25) is 0 Å². The Kier molecular flexibility index (Phi) is 1.83. The molecule has 5 heteroatoms. The molecule has 0 bridgehead atoms. The lowest BCUT2D eigenvalue weighted by atomic mass is 10.2. The molecule has 3 aromatic heterocycles. The molecule has 0 saturated heterocycles. The number of pyridine rings is 1.